The number of nitrogen functional groups attached to an aromatic ring is 1. The first kappa shape index (κ1) is 21.2. The second kappa shape index (κ2) is 9.35. The van der Waals surface area contributed by atoms with Crippen molar-refractivity contribution in [3.05, 3.63) is 89.5 Å². The summed E-state index contributed by atoms with van der Waals surface area (Å²) in [6.07, 6.45) is 0. The molecule has 0 bridgehead atoms. The van der Waals surface area contributed by atoms with E-state index in [0.29, 0.717) is 17.8 Å². The van der Waals surface area contributed by atoms with Crippen LogP contribution in [0.4, 0.5) is 11.4 Å². The van der Waals surface area contributed by atoms with Gasteiger partial charge in [-0.15, -0.1) is 0 Å². The molecule has 2 N–H and O–H groups in total. The third kappa shape index (κ3) is 4.74. The second-order valence-corrected chi connectivity index (χ2v) is 7.53. The van der Waals surface area contributed by atoms with Gasteiger partial charge in [0.1, 0.15) is 5.75 Å². The number of carbonyl (C=O) groups excluding carboxylic acids is 1. The second-order valence-electron chi connectivity index (χ2n) is 7.53. The van der Waals surface area contributed by atoms with Crippen LogP contribution in [0.1, 0.15) is 34.5 Å². The van der Waals surface area contributed by atoms with Crippen molar-refractivity contribution >= 4 is 17.3 Å². The van der Waals surface area contributed by atoms with Crippen molar-refractivity contribution < 1.29 is 9.53 Å². The molecule has 0 aliphatic rings. The topological polar surface area (TPSA) is 58.8 Å². The predicted molar refractivity (Wildman–Crippen MR) is 123 cm³/mol. The molecule has 1 amide bonds. The molecule has 0 aliphatic heterocycles. The molecular weight excluding hydrogens is 374 g/mol. The van der Waals surface area contributed by atoms with E-state index in [-0.39, 0.29) is 11.9 Å². The summed E-state index contributed by atoms with van der Waals surface area (Å²) in [5.41, 5.74) is 10.5. The summed E-state index contributed by atoms with van der Waals surface area (Å²) in [5, 5.41) is 0. The van der Waals surface area contributed by atoms with Gasteiger partial charge >= 0.3 is 0 Å². The van der Waals surface area contributed by atoms with Crippen LogP contribution in [0, 0.1) is 0 Å². The SMILES string of the molecule is COc1ccc(C(=O)N(Cc2cc(N)ccc2N(C)C)C(C)c2ccccc2)cc1. The van der Waals surface area contributed by atoms with Gasteiger partial charge in [0.25, 0.3) is 5.91 Å². The first-order valence-electron chi connectivity index (χ1n) is 9.96. The molecule has 0 spiro atoms. The molecule has 3 aromatic carbocycles. The van der Waals surface area contributed by atoms with Gasteiger partial charge in [0, 0.05) is 37.6 Å². The Balaban J connectivity index is 2.01. The minimum atomic E-state index is -0.114. The molecule has 1 unspecified atom stereocenters. The molecule has 0 aliphatic carbocycles. The molecule has 156 valence electrons. The van der Waals surface area contributed by atoms with Gasteiger partial charge < -0.3 is 20.3 Å². The van der Waals surface area contributed by atoms with Crippen molar-refractivity contribution in [1.82, 2.24) is 4.90 Å². The Labute approximate surface area is 178 Å². The molecule has 5 heteroatoms. The summed E-state index contributed by atoms with van der Waals surface area (Å²) in [6.45, 7) is 2.50. The van der Waals surface area contributed by atoms with Gasteiger partial charge in [-0.05, 0) is 60.5 Å². The van der Waals surface area contributed by atoms with E-state index in [4.69, 9.17) is 10.5 Å². The molecule has 0 heterocycles. The lowest BCUT2D eigenvalue weighted by molar-refractivity contribution is 0.0674. The summed E-state index contributed by atoms with van der Waals surface area (Å²) < 4.78 is 5.23. The number of anilines is 2. The fourth-order valence-electron chi connectivity index (χ4n) is 3.55. The van der Waals surface area contributed by atoms with E-state index in [1.165, 1.54) is 0 Å². The minimum Gasteiger partial charge on any atom is -0.497 e. The number of rotatable bonds is 7. The van der Waals surface area contributed by atoms with Crippen molar-refractivity contribution in [1.29, 1.82) is 0 Å². The number of amides is 1. The van der Waals surface area contributed by atoms with Crippen LogP contribution in [0.5, 0.6) is 5.75 Å². The van der Waals surface area contributed by atoms with Crippen LogP contribution in [0.3, 0.4) is 0 Å². The highest BCUT2D eigenvalue weighted by atomic mass is 16.5. The van der Waals surface area contributed by atoms with Crippen molar-refractivity contribution in [3.8, 4) is 5.75 Å². The molecular formula is C25H29N3O2. The molecule has 0 saturated heterocycles. The first-order valence-corrected chi connectivity index (χ1v) is 9.96. The Bertz CT molecular complexity index is 985. The van der Waals surface area contributed by atoms with Gasteiger partial charge in [-0.3, -0.25) is 4.79 Å². The van der Waals surface area contributed by atoms with Gasteiger partial charge in [0.15, 0.2) is 0 Å². The van der Waals surface area contributed by atoms with Crippen LogP contribution in [-0.4, -0.2) is 32.0 Å². The first-order chi connectivity index (χ1) is 14.4. The lowest BCUT2D eigenvalue weighted by Crippen LogP contribution is -2.33. The predicted octanol–water partition coefficient (Wildman–Crippen LogP) is 4.75. The fraction of sp³-hybridized carbons (Fsp3) is 0.240. The average molecular weight is 404 g/mol. The van der Waals surface area contributed by atoms with Gasteiger partial charge in [-0.1, -0.05) is 30.3 Å². The Morgan fingerprint density at radius 1 is 1.00 bits per heavy atom. The standard InChI is InChI=1S/C25H29N3O2/c1-18(19-8-6-5-7-9-19)28(25(29)20-10-13-23(30-4)14-11-20)17-21-16-22(26)12-15-24(21)27(2)3/h5-16,18H,17,26H2,1-4H3. The number of hydrogen-bond acceptors (Lipinski definition) is 4. The quantitative estimate of drug-likeness (QED) is 0.579. The molecule has 0 fully saturated rings. The van der Waals surface area contributed by atoms with E-state index < -0.39 is 0 Å². The van der Waals surface area contributed by atoms with Gasteiger partial charge in [-0.2, -0.15) is 0 Å². The van der Waals surface area contributed by atoms with Crippen LogP contribution in [0.25, 0.3) is 0 Å². The number of carbonyl (C=O) groups is 1. The maximum atomic E-state index is 13.6. The molecule has 0 radical (unpaired) electrons. The Kier molecular flexibility index (Phi) is 6.62. The highest BCUT2D eigenvalue weighted by molar-refractivity contribution is 5.94. The van der Waals surface area contributed by atoms with Crippen molar-refractivity contribution in [2.75, 3.05) is 31.8 Å². The number of methoxy groups -OCH3 is 1. The van der Waals surface area contributed by atoms with Crippen molar-refractivity contribution in [3.63, 3.8) is 0 Å². The van der Waals surface area contributed by atoms with E-state index in [0.717, 1.165) is 22.6 Å². The van der Waals surface area contributed by atoms with E-state index in [1.807, 2.05) is 84.6 Å². The number of nitrogens with two attached hydrogens (primary N) is 1. The maximum absolute atomic E-state index is 13.6. The zero-order chi connectivity index (χ0) is 21.7. The van der Waals surface area contributed by atoms with Crippen molar-refractivity contribution in [2.24, 2.45) is 0 Å². The Morgan fingerprint density at radius 2 is 1.67 bits per heavy atom. The number of hydrogen-bond donors (Lipinski definition) is 1. The molecule has 5 nitrogen and oxygen atoms in total. The summed E-state index contributed by atoms with van der Waals surface area (Å²) in [7, 11) is 5.60. The van der Waals surface area contributed by atoms with E-state index in [2.05, 4.69) is 6.92 Å². The number of nitrogens with zero attached hydrogens (tertiary/aromatic N) is 2. The summed E-state index contributed by atoms with van der Waals surface area (Å²) >= 11 is 0. The largest absolute Gasteiger partial charge is 0.497 e. The summed E-state index contributed by atoms with van der Waals surface area (Å²) in [6, 6.07) is 23.0. The minimum absolute atomic E-state index is 0.0406. The van der Waals surface area contributed by atoms with Gasteiger partial charge in [0.05, 0.1) is 13.2 Å². The van der Waals surface area contributed by atoms with E-state index in [9.17, 15) is 4.79 Å². The van der Waals surface area contributed by atoms with Crippen LogP contribution < -0.4 is 15.4 Å². The lowest BCUT2D eigenvalue weighted by atomic mass is 10.0. The van der Waals surface area contributed by atoms with Crippen LogP contribution >= 0.6 is 0 Å². The van der Waals surface area contributed by atoms with Crippen LogP contribution in [0.15, 0.2) is 72.8 Å². The highest BCUT2D eigenvalue weighted by Crippen LogP contribution is 2.29. The smallest absolute Gasteiger partial charge is 0.254 e. The monoisotopic (exact) mass is 403 g/mol. The maximum Gasteiger partial charge on any atom is 0.254 e. The molecule has 0 saturated carbocycles. The van der Waals surface area contributed by atoms with Crippen molar-refractivity contribution in [2.45, 2.75) is 19.5 Å². The number of ether oxygens (including phenoxy) is 1. The molecule has 0 aromatic heterocycles. The normalized spacial score (nSPS) is 11.6. The van der Waals surface area contributed by atoms with Crippen LogP contribution in [0.2, 0.25) is 0 Å². The third-order valence-electron chi connectivity index (χ3n) is 5.27. The zero-order valence-electron chi connectivity index (χ0n) is 18.0. The summed E-state index contributed by atoms with van der Waals surface area (Å²) in [4.78, 5) is 17.5. The van der Waals surface area contributed by atoms with Crippen LogP contribution in [-0.2, 0) is 6.54 Å². The molecule has 1 atom stereocenters. The molecule has 3 rings (SSSR count). The molecule has 3 aromatic rings. The zero-order valence-corrected chi connectivity index (χ0v) is 18.0. The highest BCUT2D eigenvalue weighted by Gasteiger charge is 2.24. The third-order valence-corrected chi connectivity index (χ3v) is 5.27. The van der Waals surface area contributed by atoms with Gasteiger partial charge in [-0.25, -0.2) is 0 Å². The lowest BCUT2D eigenvalue weighted by Gasteiger charge is -2.31. The average Bonchev–Trinajstić information content (AvgIpc) is 2.77. The Morgan fingerprint density at radius 3 is 2.27 bits per heavy atom. The van der Waals surface area contributed by atoms with E-state index in [1.54, 1.807) is 19.2 Å². The summed E-state index contributed by atoms with van der Waals surface area (Å²) in [5.74, 6) is 0.682. The Hall–Kier alpha value is -3.47. The number of benzene rings is 3. The molecule has 30 heavy (non-hydrogen) atoms. The van der Waals surface area contributed by atoms with E-state index >= 15 is 0 Å². The fourth-order valence-corrected chi connectivity index (χ4v) is 3.55. The van der Waals surface area contributed by atoms with Gasteiger partial charge in [0.2, 0.25) is 0 Å².